The van der Waals surface area contributed by atoms with Gasteiger partial charge in [-0.1, -0.05) is 72.8 Å². The highest BCUT2D eigenvalue weighted by Gasteiger charge is 2.10. The third-order valence-electron chi connectivity index (χ3n) is 7.23. The predicted octanol–water partition coefficient (Wildman–Crippen LogP) is 8.32. The number of carboxylic acid groups (broad SMARTS) is 1. The fourth-order valence-corrected chi connectivity index (χ4v) is 4.93. The number of carbonyl (C=O) groups is 1. The molecule has 0 heterocycles. The Balaban J connectivity index is 1.42. The minimum absolute atomic E-state index is 0.333. The molecule has 0 amide bonds. The Labute approximate surface area is 257 Å². The first-order valence-corrected chi connectivity index (χ1v) is 14.2. The number of hydrogen-bond acceptors (Lipinski definition) is 5. The van der Waals surface area contributed by atoms with Gasteiger partial charge in [0.25, 0.3) is 0 Å². The van der Waals surface area contributed by atoms with Gasteiger partial charge in [-0.15, -0.1) is 0 Å². The Morgan fingerprint density at radius 3 is 1.66 bits per heavy atom. The van der Waals surface area contributed by atoms with Crippen LogP contribution in [-0.4, -0.2) is 38.5 Å². The van der Waals surface area contributed by atoms with E-state index in [9.17, 15) is 4.79 Å². The summed E-state index contributed by atoms with van der Waals surface area (Å²) in [6, 6.07) is 38.3. The molecule has 0 bridgehead atoms. The highest BCUT2D eigenvalue weighted by molar-refractivity contribution is 5.82. The van der Waals surface area contributed by atoms with Crippen LogP contribution in [-0.2, 0) is 4.79 Å². The Morgan fingerprint density at radius 1 is 0.636 bits per heavy atom. The van der Waals surface area contributed by atoms with Crippen molar-refractivity contribution in [3.63, 3.8) is 0 Å². The summed E-state index contributed by atoms with van der Waals surface area (Å²) in [5.74, 6) is 1.80. The molecule has 0 aromatic heterocycles. The van der Waals surface area contributed by atoms with Crippen molar-refractivity contribution >= 4 is 11.5 Å². The third kappa shape index (κ3) is 7.47. The van der Waals surface area contributed by atoms with Crippen molar-refractivity contribution in [1.29, 1.82) is 0 Å². The van der Waals surface area contributed by atoms with Gasteiger partial charge in [0.2, 0.25) is 0 Å². The molecular formula is C38H34O6. The Kier molecular flexibility index (Phi) is 9.62. The fourth-order valence-electron chi connectivity index (χ4n) is 4.93. The van der Waals surface area contributed by atoms with Crippen LogP contribution in [0.25, 0.3) is 27.8 Å². The summed E-state index contributed by atoms with van der Waals surface area (Å²) in [4.78, 5) is 10.9. The number of hydrogen-bond donors (Lipinski definition) is 1. The maximum Gasteiger partial charge on any atom is 0.341 e. The molecule has 0 saturated heterocycles. The number of aliphatic carboxylic acids is 1. The molecule has 5 rings (SSSR count). The topological polar surface area (TPSA) is 74.2 Å². The normalized spacial score (nSPS) is 10.5. The maximum absolute atomic E-state index is 10.9. The standard InChI is InChI=1S/C38H34O6/c1-26-22-35(18-19-37(26)44-25-38(39)40)43-21-20-36(29-14-10-27(11-15-29)31-6-4-8-33(23-31)41-2)30-16-12-28(13-17-30)32-7-5-9-34(24-32)42-3/h4-20,22-24H,21,25H2,1-3H3,(H,39,40). The fraction of sp³-hybridized carbons (Fsp3) is 0.132. The first-order valence-electron chi connectivity index (χ1n) is 14.2. The van der Waals surface area contributed by atoms with E-state index in [0.717, 1.165) is 56.0 Å². The average molecular weight is 587 g/mol. The molecule has 5 aromatic carbocycles. The van der Waals surface area contributed by atoms with Crippen LogP contribution in [0.2, 0.25) is 0 Å². The highest BCUT2D eigenvalue weighted by Crippen LogP contribution is 2.31. The first-order chi connectivity index (χ1) is 21.4. The second-order valence-corrected chi connectivity index (χ2v) is 10.2. The van der Waals surface area contributed by atoms with E-state index in [0.29, 0.717) is 18.1 Å². The van der Waals surface area contributed by atoms with Gasteiger partial charge in [0.15, 0.2) is 6.61 Å². The largest absolute Gasteiger partial charge is 0.497 e. The number of benzene rings is 5. The minimum atomic E-state index is -1.02. The van der Waals surface area contributed by atoms with Crippen LogP contribution in [0.1, 0.15) is 16.7 Å². The molecule has 0 radical (unpaired) electrons. The number of carboxylic acids is 1. The van der Waals surface area contributed by atoms with E-state index < -0.39 is 5.97 Å². The van der Waals surface area contributed by atoms with Gasteiger partial charge in [-0.3, -0.25) is 0 Å². The van der Waals surface area contributed by atoms with E-state index in [1.807, 2.05) is 49.4 Å². The molecule has 0 aliphatic heterocycles. The zero-order valence-electron chi connectivity index (χ0n) is 24.9. The number of ether oxygens (including phenoxy) is 4. The van der Waals surface area contributed by atoms with E-state index in [1.165, 1.54) is 0 Å². The number of methoxy groups -OCH3 is 2. The average Bonchev–Trinajstić information content (AvgIpc) is 3.06. The quantitative estimate of drug-likeness (QED) is 0.158. The summed E-state index contributed by atoms with van der Waals surface area (Å²) >= 11 is 0. The van der Waals surface area contributed by atoms with Gasteiger partial charge < -0.3 is 24.1 Å². The Morgan fingerprint density at radius 2 is 1.18 bits per heavy atom. The van der Waals surface area contributed by atoms with Gasteiger partial charge in [0, 0.05) is 0 Å². The van der Waals surface area contributed by atoms with Crippen molar-refractivity contribution in [3.8, 4) is 45.3 Å². The lowest BCUT2D eigenvalue weighted by molar-refractivity contribution is -0.139. The van der Waals surface area contributed by atoms with Crippen molar-refractivity contribution < 1.29 is 28.8 Å². The highest BCUT2D eigenvalue weighted by atomic mass is 16.5. The smallest absolute Gasteiger partial charge is 0.341 e. The summed E-state index contributed by atoms with van der Waals surface area (Å²) < 4.78 is 22.3. The van der Waals surface area contributed by atoms with Gasteiger partial charge >= 0.3 is 5.97 Å². The number of rotatable bonds is 12. The second kappa shape index (κ2) is 14.1. The SMILES string of the molecule is COc1cccc(-c2ccc(C(=CCOc3ccc(OCC(=O)O)c(C)c3)c3ccc(-c4cccc(OC)c4)cc3)cc2)c1. The molecule has 0 unspecified atom stereocenters. The first kappa shape index (κ1) is 30.0. The van der Waals surface area contributed by atoms with Crippen molar-refractivity contribution in [2.75, 3.05) is 27.4 Å². The predicted molar refractivity (Wildman–Crippen MR) is 174 cm³/mol. The van der Waals surface area contributed by atoms with E-state index >= 15 is 0 Å². The molecule has 5 aromatic rings. The molecule has 6 nitrogen and oxygen atoms in total. The summed E-state index contributed by atoms with van der Waals surface area (Å²) in [6.07, 6.45) is 2.07. The lowest BCUT2D eigenvalue weighted by Crippen LogP contribution is -2.10. The lowest BCUT2D eigenvalue weighted by atomic mass is 9.94. The molecule has 0 fully saturated rings. The summed E-state index contributed by atoms with van der Waals surface area (Å²) in [7, 11) is 3.34. The maximum atomic E-state index is 10.9. The van der Waals surface area contributed by atoms with Gasteiger partial charge in [-0.25, -0.2) is 4.79 Å². The molecule has 1 N–H and O–H groups in total. The second-order valence-electron chi connectivity index (χ2n) is 10.2. The van der Waals surface area contributed by atoms with E-state index in [-0.39, 0.29) is 6.61 Å². The lowest BCUT2D eigenvalue weighted by Gasteiger charge is -2.13. The van der Waals surface area contributed by atoms with E-state index in [1.54, 1.807) is 26.4 Å². The Hall–Kier alpha value is -5.49. The van der Waals surface area contributed by atoms with Crippen LogP contribution in [0.5, 0.6) is 23.0 Å². The van der Waals surface area contributed by atoms with Gasteiger partial charge in [-0.2, -0.15) is 0 Å². The minimum Gasteiger partial charge on any atom is -0.497 e. The molecule has 0 atom stereocenters. The monoisotopic (exact) mass is 586 g/mol. The van der Waals surface area contributed by atoms with Gasteiger partial charge in [-0.05, 0) is 100.0 Å². The molecule has 0 aliphatic carbocycles. The van der Waals surface area contributed by atoms with Crippen molar-refractivity contribution in [2.24, 2.45) is 0 Å². The van der Waals surface area contributed by atoms with Crippen molar-refractivity contribution in [1.82, 2.24) is 0 Å². The summed E-state index contributed by atoms with van der Waals surface area (Å²) in [5, 5.41) is 8.90. The molecule has 0 saturated carbocycles. The molecule has 44 heavy (non-hydrogen) atoms. The van der Waals surface area contributed by atoms with E-state index in [4.69, 9.17) is 24.1 Å². The number of aryl methyl sites for hydroxylation is 1. The third-order valence-corrected chi connectivity index (χ3v) is 7.23. The van der Waals surface area contributed by atoms with Crippen molar-refractivity contribution in [2.45, 2.75) is 6.92 Å². The molecule has 0 spiro atoms. The molecule has 222 valence electrons. The van der Waals surface area contributed by atoms with Crippen molar-refractivity contribution in [3.05, 3.63) is 138 Å². The zero-order valence-corrected chi connectivity index (χ0v) is 24.9. The Bertz CT molecular complexity index is 1660. The van der Waals surface area contributed by atoms with Crippen LogP contribution < -0.4 is 18.9 Å². The van der Waals surface area contributed by atoms with Crippen LogP contribution in [0, 0.1) is 6.92 Å². The summed E-state index contributed by atoms with van der Waals surface area (Å²) in [6.45, 7) is 1.80. The molecule has 6 heteroatoms. The van der Waals surface area contributed by atoms with Crippen LogP contribution in [0.3, 0.4) is 0 Å². The zero-order chi connectivity index (χ0) is 30.9. The molecule has 0 aliphatic rings. The summed E-state index contributed by atoms with van der Waals surface area (Å²) in [5.41, 5.74) is 8.31. The van der Waals surface area contributed by atoms with Crippen LogP contribution in [0.4, 0.5) is 0 Å². The van der Waals surface area contributed by atoms with Crippen LogP contribution >= 0.6 is 0 Å². The van der Waals surface area contributed by atoms with Crippen LogP contribution in [0.15, 0.2) is 121 Å². The van der Waals surface area contributed by atoms with Gasteiger partial charge in [0.05, 0.1) is 14.2 Å². The van der Waals surface area contributed by atoms with Gasteiger partial charge in [0.1, 0.15) is 29.6 Å². The molecular weight excluding hydrogens is 552 g/mol. The van der Waals surface area contributed by atoms with E-state index in [2.05, 4.69) is 66.7 Å².